The summed E-state index contributed by atoms with van der Waals surface area (Å²) in [6.07, 6.45) is -3.91. The lowest BCUT2D eigenvalue weighted by molar-refractivity contribution is -0.178. The van der Waals surface area contributed by atoms with Crippen LogP contribution in [-0.4, -0.2) is 17.3 Å². The zero-order valence-electron chi connectivity index (χ0n) is 8.60. The maximum absolute atomic E-state index is 12.3. The fraction of sp³-hybridized carbons (Fsp3) is 0.900. The highest BCUT2D eigenvalue weighted by molar-refractivity contribution is 5.75. The molecule has 1 saturated carbocycles. The van der Waals surface area contributed by atoms with Crippen LogP contribution in [0.15, 0.2) is 0 Å². The molecule has 0 aromatic heterocycles. The average molecular weight is 224 g/mol. The van der Waals surface area contributed by atoms with Crippen molar-refractivity contribution >= 4 is 5.97 Å². The van der Waals surface area contributed by atoms with Crippen molar-refractivity contribution < 1.29 is 23.1 Å². The van der Waals surface area contributed by atoms with E-state index in [1.165, 1.54) is 0 Å². The first kappa shape index (κ1) is 12.3. The van der Waals surface area contributed by atoms with Gasteiger partial charge in [-0.05, 0) is 25.2 Å². The second-order valence-corrected chi connectivity index (χ2v) is 4.39. The van der Waals surface area contributed by atoms with E-state index in [0.717, 1.165) is 6.42 Å². The van der Waals surface area contributed by atoms with E-state index >= 15 is 0 Å². The molecule has 0 amide bonds. The van der Waals surface area contributed by atoms with E-state index in [-0.39, 0.29) is 18.8 Å². The van der Waals surface area contributed by atoms with Crippen molar-refractivity contribution in [3.8, 4) is 0 Å². The highest BCUT2D eigenvalue weighted by Gasteiger charge is 2.51. The first-order chi connectivity index (χ1) is 6.79. The largest absolute Gasteiger partial charge is 0.481 e. The molecule has 5 heteroatoms. The summed E-state index contributed by atoms with van der Waals surface area (Å²) >= 11 is 0. The molecule has 1 aliphatic rings. The molecule has 0 bridgehead atoms. The molecule has 0 aliphatic heterocycles. The van der Waals surface area contributed by atoms with Gasteiger partial charge in [0.1, 0.15) is 0 Å². The molecule has 1 rings (SSSR count). The van der Waals surface area contributed by atoms with Gasteiger partial charge in [-0.3, -0.25) is 4.79 Å². The van der Waals surface area contributed by atoms with Crippen LogP contribution in [0.1, 0.15) is 39.0 Å². The molecule has 1 N–H and O–H groups in total. The Labute approximate surface area is 86.5 Å². The number of alkyl halides is 3. The number of halogens is 3. The van der Waals surface area contributed by atoms with Crippen LogP contribution in [0, 0.1) is 11.3 Å². The molecule has 2 atom stereocenters. The van der Waals surface area contributed by atoms with Crippen LogP contribution < -0.4 is 0 Å². The first-order valence-electron chi connectivity index (χ1n) is 5.09. The monoisotopic (exact) mass is 224 g/mol. The Balaban J connectivity index is 2.78. The van der Waals surface area contributed by atoms with E-state index in [1.807, 2.05) is 6.92 Å². The molecule has 0 saturated heterocycles. The average Bonchev–Trinajstić information content (AvgIpc) is 2.46. The van der Waals surface area contributed by atoms with Crippen LogP contribution in [-0.2, 0) is 4.79 Å². The Morgan fingerprint density at radius 1 is 1.53 bits per heavy atom. The highest BCUT2D eigenvalue weighted by atomic mass is 19.4. The minimum Gasteiger partial charge on any atom is -0.481 e. The Morgan fingerprint density at radius 3 is 2.47 bits per heavy atom. The molecule has 0 aromatic carbocycles. The minimum atomic E-state index is -4.39. The third kappa shape index (κ3) is 2.86. The summed E-state index contributed by atoms with van der Waals surface area (Å²) in [6.45, 7) is 1.89. The number of carboxylic acids is 1. The van der Waals surface area contributed by atoms with Crippen molar-refractivity contribution in [1.82, 2.24) is 0 Å². The van der Waals surface area contributed by atoms with Crippen LogP contribution in [0.3, 0.4) is 0 Å². The number of rotatable bonds is 3. The standard InChI is InChI=1S/C10H15F3O2/c1-2-7-3-4-9(5-7,8(14)15)6-10(11,12)13/h7H,2-6H2,1H3,(H,14,15). The van der Waals surface area contributed by atoms with Gasteiger partial charge in [-0.15, -0.1) is 0 Å². The molecule has 1 aliphatic carbocycles. The maximum atomic E-state index is 12.3. The predicted molar refractivity (Wildman–Crippen MR) is 48.4 cm³/mol. The number of hydrogen-bond donors (Lipinski definition) is 1. The fourth-order valence-electron chi connectivity index (χ4n) is 2.40. The first-order valence-corrected chi connectivity index (χ1v) is 5.09. The molecule has 0 radical (unpaired) electrons. The second kappa shape index (κ2) is 4.02. The van der Waals surface area contributed by atoms with Crippen molar-refractivity contribution in [2.45, 2.75) is 45.2 Å². The van der Waals surface area contributed by atoms with Crippen LogP contribution >= 0.6 is 0 Å². The molecule has 88 valence electrons. The van der Waals surface area contributed by atoms with Crippen LogP contribution in [0.2, 0.25) is 0 Å². The van der Waals surface area contributed by atoms with E-state index in [1.54, 1.807) is 0 Å². The van der Waals surface area contributed by atoms with Gasteiger partial charge < -0.3 is 5.11 Å². The Morgan fingerprint density at radius 2 is 2.13 bits per heavy atom. The molecule has 0 spiro atoms. The Bertz CT molecular complexity index is 250. The van der Waals surface area contributed by atoms with E-state index in [4.69, 9.17) is 5.11 Å². The molecular weight excluding hydrogens is 209 g/mol. The SMILES string of the molecule is CCC1CCC(CC(F)(F)F)(C(=O)O)C1. The minimum absolute atomic E-state index is 0.128. The lowest BCUT2D eigenvalue weighted by Gasteiger charge is -2.25. The van der Waals surface area contributed by atoms with Gasteiger partial charge in [-0.1, -0.05) is 13.3 Å². The van der Waals surface area contributed by atoms with Gasteiger partial charge >= 0.3 is 12.1 Å². The number of hydrogen-bond acceptors (Lipinski definition) is 1. The molecular formula is C10H15F3O2. The quantitative estimate of drug-likeness (QED) is 0.799. The van der Waals surface area contributed by atoms with Gasteiger partial charge in [-0.2, -0.15) is 13.2 Å². The molecule has 0 heterocycles. The number of carboxylic acid groups (broad SMARTS) is 1. The Hall–Kier alpha value is -0.740. The van der Waals surface area contributed by atoms with Crippen LogP contribution in [0.5, 0.6) is 0 Å². The van der Waals surface area contributed by atoms with Crippen LogP contribution in [0.4, 0.5) is 13.2 Å². The number of aliphatic carboxylic acids is 1. The van der Waals surface area contributed by atoms with E-state index in [2.05, 4.69) is 0 Å². The topological polar surface area (TPSA) is 37.3 Å². The normalized spacial score (nSPS) is 31.9. The summed E-state index contributed by atoms with van der Waals surface area (Å²) in [5.74, 6) is -1.17. The molecule has 2 unspecified atom stereocenters. The lowest BCUT2D eigenvalue weighted by Crippen LogP contribution is -2.33. The smallest absolute Gasteiger partial charge is 0.390 e. The number of carbonyl (C=O) groups is 1. The van der Waals surface area contributed by atoms with E-state index < -0.39 is 24.0 Å². The second-order valence-electron chi connectivity index (χ2n) is 4.39. The van der Waals surface area contributed by atoms with Gasteiger partial charge in [0.05, 0.1) is 11.8 Å². The van der Waals surface area contributed by atoms with Crippen LogP contribution in [0.25, 0.3) is 0 Å². The molecule has 15 heavy (non-hydrogen) atoms. The predicted octanol–water partition coefficient (Wildman–Crippen LogP) is 3.22. The van der Waals surface area contributed by atoms with Crippen molar-refractivity contribution in [3.05, 3.63) is 0 Å². The molecule has 0 aromatic rings. The van der Waals surface area contributed by atoms with Crippen molar-refractivity contribution in [2.75, 3.05) is 0 Å². The summed E-state index contributed by atoms with van der Waals surface area (Å²) in [5.41, 5.74) is -1.56. The van der Waals surface area contributed by atoms with E-state index in [0.29, 0.717) is 6.42 Å². The van der Waals surface area contributed by atoms with Gasteiger partial charge in [0.2, 0.25) is 0 Å². The van der Waals surface area contributed by atoms with Crippen molar-refractivity contribution in [3.63, 3.8) is 0 Å². The fourth-order valence-corrected chi connectivity index (χ4v) is 2.40. The zero-order valence-corrected chi connectivity index (χ0v) is 8.60. The molecule has 1 fully saturated rings. The summed E-state index contributed by atoms with van der Waals surface area (Å²) in [5, 5.41) is 8.94. The van der Waals surface area contributed by atoms with Gasteiger partial charge in [0.25, 0.3) is 0 Å². The summed E-state index contributed by atoms with van der Waals surface area (Å²) in [6, 6.07) is 0. The van der Waals surface area contributed by atoms with Gasteiger partial charge in [0.15, 0.2) is 0 Å². The van der Waals surface area contributed by atoms with Gasteiger partial charge in [-0.25, -0.2) is 0 Å². The third-order valence-corrected chi connectivity index (χ3v) is 3.28. The van der Waals surface area contributed by atoms with Gasteiger partial charge in [0, 0.05) is 0 Å². The zero-order chi connectivity index (χ0) is 11.7. The molecule has 2 nitrogen and oxygen atoms in total. The summed E-state index contributed by atoms with van der Waals surface area (Å²) in [7, 11) is 0. The summed E-state index contributed by atoms with van der Waals surface area (Å²) < 4.78 is 36.8. The van der Waals surface area contributed by atoms with E-state index in [9.17, 15) is 18.0 Å². The lowest BCUT2D eigenvalue weighted by atomic mass is 9.81. The highest BCUT2D eigenvalue weighted by Crippen LogP contribution is 2.49. The van der Waals surface area contributed by atoms with Crippen molar-refractivity contribution in [2.24, 2.45) is 11.3 Å². The third-order valence-electron chi connectivity index (χ3n) is 3.28. The summed E-state index contributed by atoms with van der Waals surface area (Å²) in [4.78, 5) is 11.0. The maximum Gasteiger partial charge on any atom is 0.390 e. The Kier molecular flexibility index (Phi) is 3.31. The van der Waals surface area contributed by atoms with Crippen molar-refractivity contribution in [1.29, 1.82) is 0 Å².